The minimum atomic E-state index is -3.57. The van der Waals surface area contributed by atoms with Crippen LogP contribution in [0.3, 0.4) is 0 Å². The Balaban J connectivity index is 0.00000392. The molecule has 0 atom stereocenters. The van der Waals surface area contributed by atoms with Crippen LogP contribution >= 0.6 is 12.4 Å². The molecule has 0 heterocycles. The molecule has 9 heteroatoms. The summed E-state index contributed by atoms with van der Waals surface area (Å²) in [6.07, 6.45) is 1.63. The molecule has 0 aliphatic rings. The molecule has 2 aromatic carbocycles. The van der Waals surface area contributed by atoms with Gasteiger partial charge in [0, 0.05) is 24.1 Å². The number of rotatable bonds is 7. The van der Waals surface area contributed by atoms with Gasteiger partial charge in [-0.1, -0.05) is 18.2 Å². The molecule has 2 aromatic rings. The van der Waals surface area contributed by atoms with Crippen LogP contribution in [0, 0.1) is 0 Å². The van der Waals surface area contributed by atoms with Gasteiger partial charge in [-0.05, 0) is 43.2 Å². The monoisotopic (exact) mass is 426 g/mol. The molecule has 7 nitrogen and oxygen atoms in total. The first-order chi connectivity index (χ1) is 12.7. The third-order valence-electron chi connectivity index (χ3n) is 3.81. The summed E-state index contributed by atoms with van der Waals surface area (Å²) in [4.78, 5) is 24.1. The number of benzene rings is 2. The van der Waals surface area contributed by atoms with E-state index in [2.05, 4.69) is 5.32 Å². The van der Waals surface area contributed by atoms with Crippen molar-refractivity contribution in [3.63, 3.8) is 0 Å². The van der Waals surface area contributed by atoms with Gasteiger partial charge in [0.2, 0.25) is 5.91 Å². The van der Waals surface area contributed by atoms with Gasteiger partial charge in [-0.3, -0.25) is 4.79 Å². The smallest absolute Gasteiger partial charge is 0.338 e. The number of esters is 1. The topological polar surface area (TPSA) is 116 Å². The summed E-state index contributed by atoms with van der Waals surface area (Å²) in [6, 6.07) is 11.2. The molecule has 152 valence electrons. The Hall–Kier alpha value is -2.58. The number of sulfone groups is 1. The number of ether oxygens (including phenoxy) is 1. The number of nitrogens with two attached hydrogens (primary N) is 1. The van der Waals surface area contributed by atoms with E-state index >= 15 is 0 Å². The van der Waals surface area contributed by atoms with E-state index in [0.29, 0.717) is 12.1 Å². The van der Waals surface area contributed by atoms with Gasteiger partial charge in [0.1, 0.15) is 0 Å². The van der Waals surface area contributed by atoms with Gasteiger partial charge in [0.15, 0.2) is 9.84 Å². The Labute approximate surface area is 170 Å². The molecule has 0 fully saturated rings. The van der Waals surface area contributed by atoms with Crippen LogP contribution in [0.25, 0.3) is 0 Å². The SMILES string of the molecule is CCOC(=O)c1cc(NC(=O)CCc2ccccc2N)cc(S(C)(=O)=O)c1.Cl. The minimum Gasteiger partial charge on any atom is -0.462 e. The molecule has 0 radical (unpaired) electrons. The van der Waals surface area contributed by atoms with Gasteiger partial charge in [0.25, 0.3) is 0 Å². The number of carbonyl (C=O) groups excluding carboxylic acids is 2. The van der Waals surface area contributed by atoms with Crippen molar-refractivity contribution in [1.82, 2.24) is 0 Å². The lowest BCUT2D eigenvalue weighted by Gasteiger charge is -2.10. The molecular weight excluding hydrogens is 404 g/mol. The summed E-state index contributed by atoms with van der Waals surface area (Å²) in [5.74, 6) is -0.978. The van der Waals surface area contributed by atoms with E-state index in [9.17, 15) is 18.0 Å². The number of hydrogen-bond acceptors (Lipinski definition) is 6. The van der Waals surface area contributed by atoms with Gasteiger partial charge in [0.05, 0.1) is 17.1 Å². The van der Waals surface area contributed by atoms with E-state index in [-0.39, 0.29) is 47.5 Å². The second kappa shape index (κ2) is 10.1. The number of nitrogen functional groups attached to an aromatic ring is 1. The standard InChI is InChI=1S/C19H22N2O5S.ClH/c1-3-26-19(23)14-10-15(12-16(11-14)27(2,24)25)21-18(22)9-8-13-6-4-5-7-17(13)20;/h4-7,10-12H,3,8-9,20H2,1-2H3,(H,21,22);1H. The summed E-state index contributed by atoms with van der Waals surface area (Å²) in [6.45, 7) is 1.80. The number of nitrogens with one attached hydrogen (secondary N) is 1. The number of hydrogen-bond donors (Lipinski definition) is 2. The van der Waals surface area contributed by atoms with Crippen molar-refractivity contribution < 1.29 is 22.7 Å². The molecule has 1 amide bonds. The summed E-state index contributed by atoms with van der Waals surface area (Å²) in [5.41, 5.74) is 7.59. The van der Waals surface area contributed by atoms with Crippen molar-refractivity contribution in [1.29, 1.82) is 0 Å². The molecule has 0 aromatic heterocycles. The molecule has 0 bridgehead atoms. The van der Waals surface area contributed by atoms with E-state index in [1.54, 1.807) is 13.0 Å². The molecule has 0 saturated carbocycles. The highest BCUT2D eigenvalue weighted by molar-refractivity contribution is 7.90. The predicted molar refractivity (Wildman–Crippen MR) is 111 cm³/mol. The zero-order valence-corrected chi connectivity index (χ0v) is 17.2. The van der Waals surface area contributed by atoms with E-state index < -0.39 is 15.8 Å². The largest absolute Gasteiger partial charge is 0.462 e. The van der Waals surface area contributed by atoms with Crippen molar-refractivity contribution >= 4 is 45.5 Å². The van der Waals surface area contributed by atoms with Gasteiger partial charge in [-0.15, -0.1) is 12.4 Å². The zero-order chi connectivity index (χ0) is 20.0. The quantitative estimate of drug-likeness (QED) is 0.519. The molecular formula is C19H23ClN2O5S. The minimum absolute atomic E-state index is 0. The van der Waals surface area contributed by atoms with Gasteiger partial charge in [-0.25, -0.2) is 13.2 Å². The van der Waals surface area contributed by atoms with Crippen LogP contribution in [0.1, 0.15) is 29.3 Å². The van der Waals surface area contributed by atoms with Crippen LogP contribution in [0.2, 0.25) is 0 Å². The van der Waals surface area contributed by atoms with Crippen LogP contribution in [0.15, 0.2) is 47.4 Å². The number of halogens is 1. The van der Waals surface area contributed by atoms with Crippen molar-refractivity contribution in [2.45, 2.75) is 24.7 Å². The van der Waals surface area contributed by atoms with Crippen LogP contribution in [-0.4, -0.2) is 33.2 Å². The number of anilines is 2. The maximum Gasteiger partial charge on any atom is 0.338 e. The molecule has 0 aliphatic heterocycles. The van der Waals surface area contributed by atoms with Gasteiger partial charge >= 0.3 is 5.97 Å². The Bertz CT molecular complexity index is 961. The third-order valence-corrected chi connectivity index (χ3v) is 4.90. The second-order valence-electron chi connectivity index (χ2n) is 5.99. The average molecular weight is 427 g/mol. The summed E-state index contributed by atoms with van der Waals surface area (Å²) in [5, 5.41) is 2.63. The fourth-order valence-electron chi connectivity index (χ4n) is 2.45. The number of para-hydroxylation sites is 1. The second-order valence-corrected chi connectivity index (χ2v) is 8.00. The van der Waals surface area contributed by atoms with E-state index in [1.807, 2.05) is 18.2 Å². The highest BCUT2D eigenvalue weighted by atomic mass is 35.5. The molecule has 0 spiro atoms. The fraction of sp³-hybridized carbons (Fsp3) is 0.263. The molecule has 0 aliphatic carbocycles. The average Bonchev–Trinajstić information content (AvgIpc) is 2.60. The maximum atomic E-state index is 12.2. The lowest BCUT2D eigenvalue weighted by Crippen LogP contribution is -2.14. The predicted octanol–water partition coefficient (Wildman–Crippen LogP) is 2.84. The van der Waals surface area contributed by atoms with Crippen molar-refractivity contribution in [2.75, 3.05) is 23.9 Å². The Kier molecular flexibility index (Phi) is 8.46. The van der Waals surface area contributed by atoms with Crippen LogP contribution in [-0.2, 0) is 25.8 Å². The van der Waals surface area contributed by atoms with E-state index in [1.165, 1.54) is 18.2 Å². The lowest BCUT2D eigenvalue weighted by atomic mass is 10.1. The van der Waals surface area contributed by atoms with Crippen molar-refractivity contribution in [3.8, 4) is 0 Å². The first-order valence-corrected chi connectivity index (χ1v) is 10.3. The van der Waals surface area contributed by atoms with Crippen LogP contribution < -0.4 is 11.1 Å². The fourth-order valence-corrected chi connectivity index (χ4v) is 3.13. The number of aryl methyl sites for hydroxylation is 1. The molecule has 28 heavy (non-hydrogen) atoms. The summed E-state index contributed by atoms with van der Waals surface area (Å²) < 4.78 is 28.7. The zero-order valence-electron chi connectivity index (χ0n) is 15.6. The van der Waals surface area contributed by atoms with E-state index in [4.69, 9.17) is 10.5 Å². The molecule has 0 unspecified atom stereocenters. The van der Waals surface area contributed by atoms with Gasteiger partial charge < -0.3 is 15.8 Å². The van der Waals surface area contributed by atoms with Gasteiger partial charge in [-0.2, -0.15) is 0 Å². The van der Waals surface area contributed by atoms with Crippen LogP contribution in [0.5, 0.6) is 0 Å². The third kappa shape index (κ3) is 6.54. The normalized spacial score (nSPS) is 10.6. The summed E-state index contributed by atoms with van der Waals surface area (Å²) in [7, 11) is -3.57. The molecule has 2 rings (SSSR count). The maximum absolute atomic E-state index is 12.2. The number of amides is 1. The Morgan fingerprint density at radius 1 is 1.14 bits per heavy atom. The first kappa shape index (κ1) is 23.5. The lowest BCUT2D eigenvalue weighted by molar-refractivity contribution is -0.116. The van der Waals surface area contributed by atoms with Crippen molar-refractivity contribution in [2.24, 2.45) is 0 Å². The number of carbonyl (C=O) groups is 2. The molecule has 3 N–H and O–H groups in total. The first-order valence-electron chi connectivity index (χ1n) is 8.36. The summed E-state index contributed by atoms with van der Waals surface area (Å²) >= 11 is 0. The van der Waals surface area contributed by atoms with Crippen LogP contribution in [0.4, 0.5) is 11.4 Å². The van der Waals surface area contributed by atoms with E-state index in [0.717, 1.165) is 11.8 Å². The highest BCUT2D eigenvalue weighted by Gasteiger charge is 2.16. The molecule has 0 saturated heterocycles. The highest BCUT2D eigenvalue weighted by Crippen LogP contribution is 2.21. The Morgan fingerprint density at radius 2 is 1.82 bits per heavy atom. The Morgan fingerprint density at radius 3 is 2.43 bits per heavy atom. The van der Waals surface area contributed by atoms with Crippen molar-refractivity contribution in [3.05, 3.63) is 53.6 Å².